The van der Waals surface area contributed by atoms with Crippen LogP contribution in [0, 0.1) is 0 Å². The summed E-state index contributed by atoms with van der Waals surface area (Å²) in [7, 11) is 5.99. The van der Waals surface area contributed by atoms with E-state index in [1.54, 1.807) is 7.11 Å². The molecule has 0 aromatic heterocycles. The van der Waals surface area contributed by atoms with E-state index < -0.39 is 0 Å². The molecule has 94 valence electrons. The van der Waals surface area contributed by atoms with Crippen molar-refractivity contribution >= 4 is 0 Å². The lowest BCUT2D eigenvalue weighted by atomic mass is 9.87. The number of benzene rings is 1. The van der Waals surface area contributed by atoms with Crippen molar-refractivity contribution in [1.29, 1.82) is 0 Å². The Bertz CT molecular complexity index is 370. The Morgan fingerprint density at radius 2 is 2.12 bits per heavy atom. The summed E-state index contributed by atoms with van der Waals surface area (Å²) in [4.78, 5) is 2.24. The Morgan fingerprint density at radius 1 is 1.35 bits per heavy atom. The van der Waals surface area contributed by atoms with E-state index in [0.29, 0.717) is 0 Å². The molecule has 0 amide bonds. The zero-order valence-electron chi connectivity index (χ0n) is 11.0. The van der Waals surface area contributed by atoms with Gasteiger partial charge in [0.05, 0.1) is 12.6 Å². The number of hydrogen-bond acceptors (Lipinski definition) is 3. The Morgan fingerprint density at radius 3 is 2.71 bits per heavy atom. The minimum Gasteiger partial charge on any atom is -0.496 e. The average Bonchev–Trinajstić information content (AvgIpc) is 2.77. The SMILES string of the molecule is COc1ccccc1C1(CN(C)C)CCCN1. The maximum atomic E-state index is 5.51. The summed E-state index contributed by atoms with van der Waals surface area (Å²) in [6, 6.07) is 8.35. The van der Waals surface area contributed by atoms with Crippen LogP contribution in [-0.4, -0.2) is 39.2 Å². The summed E-state index contributed by atoms with van der Waals surface area (Å²) >= 11 is 0. The zero-order valence-corrected chi connectivity index (χ0v) is 11.0. The number of nitrogens with one attached hydrogen (secondary N) is 1. The number of hydrogen-bond donors (Lipinski definition) is 1. The smallest absolute Gasteiger partial charge is 0.123 e. The molecule has 0 spiro atoms. The minimum atomic E-state index is 0.0517. The van der Waals surface area contributed by atoms with Crippen molar-refractivity contribution in [3.63, 3.8) is 0 Å². The maximum Gasteiger partial charge on any atom is 0.123 e. The van der Waals surface area contributed by atoms with Gasteiger partial charge in [0.1, 0.15) is 5.75 Å². The molecule has 3 heteroatoms. The van der Waals surface area contributed by atoms with Crippen molar-refractivity contribution in [2.24, 2.45) is 0 Å². The second kappa shape index (κ2) is 5.07. The number of rotatable bonds is 4. The first-order chi connectivity index (χ1) is 8.18. The molecule has 1 fully saturated rings. The standard InChI is InChI=1S/C14H22N2O/c1-16(2)11-14(9-6-10-15-14)12-7-4-5-8-13(12)17-3/h4-5,7-8,15H,6,9-11H2,1-3H3. The highest BCUT2D eigenvalue weighted by atomic mass is 16.5. The van der Waals surface area contributed by atoms with Crippen molar-refractivity contribution < 1.29 is 4.74 Å². The maximum absolute atomic E-state index is 5.51. The number of methoxy groups -OCH3 is 1. The van der Waals surface area contributed by atoms with Crippen LogP contribution in [0.2, 0.25) is 0 Å². The summed E-state index contributed by atoms with van der Waals surface area (Å²) in [5.74, 6) is 0.990. The van der Waals surface area contributed by atoms with Crippen molar-refractivity contribution in [2.45, 2.75) is 18.4 Å². The zero-order chi connectivity index (χ0) is 12.3. The van der Waals surface area contributed by atoms with Crippen LogP contribution in [0.1, 0.15) is 18.4 Å². The Hall–Kier alpha value is -1.06. The van der Waals surface area contributed by atoms with Crippen molar-refractivity contribution in [2.75, 3.05) is 34.3 Å². The van der Waals surface area contributed by atoms with E-state index in [-0.39, 0.29) is 5.54 Å². The molecule has 1 aromatic carbocycles. The van der Waals surface area contributed by atoms with Crippen molar-refractivity contribution in [1.82, 2.24) is 10.2 Å². The second-order valence-electron chi connectivity index (χ2n) is 5.05. The summed E-state index contributed by atoms with van der Waals surface area (Å²) in [5.41, 5.74) is 1.34. The van der Waals surface area contributed by atoms with Crippen molar-refractivity contribution in [3.8, 4) is 5.75 Å². The first-order valence-electron chi connectivity index (χ1n) is 6.21. The molecule has 1 aromatic rings. The molecule has 0 radical (unpaired) electrons. The van der Waals surface area contributed by atoms with Crippen LogP contribution in [0.3, 0.4) is 0 Å². The number of nitrogens with zero attached hydrogens (tertiary/aromatic N) is 1. The molecule has 0 saturated carbocycles. The molecule has 1 saturated heterocycles. The third-order valence-corrected chi connectivity index (χ3v) is 3.45. The van der Waals surface area contributed by atoms with E-state index in [9.17, 15) is 0 Å². The highest BCUT2D eigenvalue weighted by Crippen LogP contribution is 2.36. The van der Waals surface area contributed by atoms with Gasteiger partial charge in [0.2, 0.25) is 0 Å². The van der Waals surface area contributed by atoms with Crippen LogP contribution in [0.25, 0.3) is 0 Å². The van der Waals surface area contributed by atoms with Gasteiger partial charge in [0.15, 0.2) is 0 Å². The molecule has 3 nitrogen and oxygen atoms in total. The van der Waals surface area contributed by atoms with Gasteiger partial charge < -0.3 is 15.0 Å². The molecule has 0 aliphatic carbocycles. The van der Waals surface area contributed by atoms with Gasteiger partial charge in [-0.25, -0.2) is 0 Å². The van der Waals surface area contributed by atoms with E-state index in [1.807, 2.05) is 12.1 Å². The summed E-state index contributed by atoms with van der Waals surface area (Å²) in [6.07, 6.45) is 2.40. The minimum absolute atomic E-state index is 0.0517. The normalized spacial score (nSPS) is 24.2. The summed E-state index contributed by atoms with van der Waals surface area (Å²) in [6.45, 7) is 2.10. The predicted molar refractivity (Wildman–Crippen MR) is 70.5 cm³/mol. The number of ether oxygens (including phenoxy) is 1. The fourth-order valence-electron chi connectivity index (χ4n) is 2.84. The predicted octanol–water partition coefficient (Wildman–Crippen LogP) is 1.84. The summed E-state index contributed by atoms with van der Waals surface area (Å²) in [5, 5.41) is 3.67. The lowest BCUT2D eigenvalue weighted by Gasteiger charge is -2.34. The highest BCUT2D eigenvalue weighted by molar-refractivity contribution is 5.40. The lowest BCUT2D eigenvalue weighted by Crippen LogP contribution is -2.45. The first kappa shape index (κ1) is 12.4. The van der Waals surface area contributed by atoms with E-state index in [4.69, 9.17) is 4.74 Å². The molecule has 1 aliphatic rings. The fourth-order valence-corrected chi connectivity index (χ4v) is 2.84. The topological polar surface area (TPSA) is 24.5 Å². The third-order valence-electron chi connectivity index (χ3n) is 3.45. The molecule has 1 aliphatic heterocycles. The Balaban J connectivity index is 2.38. The van der Waals surface area contributed by atoms with Gasteiger partial charge in [0, 0.05) is 12.1 Å². The quantitative estimate of drug-likeness (QED) is 0.860. The van der Waals surface area contributed by atoms with E-state index in [2.05, 4.69) is 36.4 Å². The third kappa shape index (κ3) is 2.45. The molecule has 1 heterocycles. The molecule has 1 atom stereocenters. The molecule has 1 N–H and O–H groups in total. The number of likely N-dealkylation sites (N-methyl/N-ethyl adjacent to an activating group) is 1. The van der Waals surface area contributed by atoms with Crippen LogP contribution >= 0.6 is 0 Å². The van der Waals surface area contributed by atoms with E-state index >= 15 is 0 Å². The second-order valence-corrected chi connectivity index (χ2v) is 5.05. The molecular weight excluding hydrogens is 212 g/mol. The van der Waals surface area contributed by atoms with Gasteiger partial charge in [-0.15, -0.1) is 0 Å². The largest absolute Gasteiger partial charge is 0.496 e. The average molecular weight is 234 g/mol. The molecule has 1 unspecified atom stereocenters. The Kier molecular flexibility index (Phi) is 3.69. The monoisotopic (exact) mass is 234 g/mol. The first-order valence-corrected chi connectivity index (χ1v) is 6.21. The Labute approximate surface area is 104 Å². The molecule has 17 heavy (non-hydrogen) atoms. The van der Waals surface area contributed by atoms with Gasteiger partial charge in [0.25, 0.3) is 0 Å². The van der Waals surface area contributed by atoms with Crippen LogP contribution in [0.4, 0.5) is 0 Å². The van der Waals surface area contributed by atoms with Crippen LogP contribution < -0.4 is 10.1 Å². The molecular formula is C14H22N2O. The van der Waals surface area contributed by atoms with Crippen LogP contribution in [-0.2, 0) is 5.54 Å². The molecule has 0 bridgehead atoms. The van der Waals surface area contributed by atoms with Crippen LogP contribution in [0.15, 0.2) is 24.3 Å². The van der Waals surface area contributed by atoms with Crippen molar-refractivity contribution in [3.05, 3.63) is 29.8 Å². The van der Waals surface area contributed by atoms with E-state index in [0.717, 1.165) is 18.8 Å². The van der Waals surface area contributed by atoms with Gasteiger partial charge in [-0.05, 0) is 39.5 Å². The highest BCUT2D eigenvalue weighted by Gasteiger charge is 2.37. The van der Waals surface area contributed by atoms with Gasteiger partial charge in [-0.3, -0.25) is 0 Å². The fraction of sp³-hybridized carbons (Fsp3) is 0.571. The van der Waals surface area contributed by atoms with Crippen LogP contribution in [0.5, 0.6) is 5.75 Å². The number of para-hydroxylation sites is 1. The van der Waals surface area contributed by atoms with Gasteiger partial charge >= 0.3 is 0 Å². The van der Waals surface area contributed by atoms with E-state index in [1.165, 1.54) is 18.4 Å². The van der Waals surface area contributed by atoms with Gasteiger partial charge in [-0.2, -0.15) is 0 Å². The molecule has 2 rings (SSSR count). The van der Waals surface area contributed by atoms with Gasteiger partial charge in [-0.1, -0.05) is 18.2 Å². The lowest BCUT2D eigenvalue weighted by molar-refractivity contribution is 0.252. The summed E-state index contributed by atoms with van der Waals surface area (Å²) < 4.78 is 5.51.